The number of amides is 1. The SMILES string of the molecule is CCSc1nnc(NC(=O)COc2ccc3ccccc3c2Br)s1. The lowest BCUT2D eigenvalue weighted by Crippen LogP contribution is -2.20. The lowest BCUT2D eigenvalue weighted by Gasteiger charge is -2.09. The molecular formula is C16H14BrN3O2S2. The Hall–Kier alpha value is -1.64. The Morgan fingerprint density at radius 3 is 2.96 bits per heavy atom. The Morgan fingerprint density at radius 1 is 1.29 bits per heavy atom. The van der Waals surface area contributed by atoms with E-state index in [1.807, 2.05) is 43.3 Å². The molecule has 1 N–H and O–H groups in total. The highest BCUT2D eigenvalue weighted by atomic mass is 79.9. The molecule has 0 atom stereocenters. The minimum atomic E-state index is -0.265. The first kappa shape index (κ1) is 17.2. The Kier molecular flexibility index (Phi) is 5.70. The molecule has 0 radical (unpaired) electrons. The van der Waals surface area contributed by atoms with E-state index in [0.29, 0.717) is 10.9 Å². The van der Waals surface area contributed by atoms with Crippen LogP contribution in [0.1, 0.15) is 6.92 Å². The van der Waals surface area contributed by atoms with Crippen molar-refractivity contribution in [1.29, 1.82) is 0 Å². The third-order valence-corrected chi connectivity index (χ3v) is 5.78. The Bertz CT molecular complexity index is 869. The van der Waals surface area contributed by atoms with E-state index in [-0.39, 0.29) is 12.5 Å². The number of nitrogens with one attached hydrogen (secondary N) is 1. The van der Waals surface area contributed by atoms with E-state index in [1.165, 1.54) is 11.3 Å². The van der Waals surface area contributed by atoms with Gasteiger partial charge in [0.15, 0.2) is 10.9 Å². The number of aromatic nitrogens is 2. The van der Waals surface area contributed by atoms with Crippen molar-refractivity contribution in [3.63, 3.8) is 0 Å². The lowest BCUT2D eigenvalue weighted by atomic mass is 10.1. The molecule has 8 heteroatoms. The minimum absolute atomic E-state index is 0.0905. The van der Waals surface area contributed by atoms with Crippen LogP contribution in [0.3, 0.4) is 0 Å². The molecule has 0 saturated carbocycles. The van der Waals surface area contributed by atoms with Crippen molar-refractivity contribution in [2.75, 3.05) is 17.7 Å². The summed E-state index contributed by atoms with van der Waals surface area (Å²) < 4.78 is 7.30. The fourth-order valence-electron chi connectivity index (χ4n) is 2.07. The molecule has 1 amide bonds. The first-order valence-corrected chi connectivity index (χ1v) is 9.83. The molecule has 0 unspecified atom stereocenters. The first-order chi connectivity index (χ1) is 11.7. The number of ether oxygens (including phenoxy) is 1. The Morgan fingerprint density at radius 2 is 2.12 bits per heavy atom. The number of hydrogen-bond acceptors (Lipinski definition) is 6. The van der Waals surface area contributed by atoms with Gasteiger partial charge in [-0.05, 0) is 38.5 Å². The van der Waals surface area contributed by atoms with Crippen LogP contribution in [0.5, 0.6) is 5.75 Å². The molecular weight excluding hydrogens is 410 g/mol. The van der Waals surface area contributed by atoms with E-state index in [4.69, 9.17) is 4.74 Å². The highest BCUT2D eigenvalue weighted by Gasteiger charge is 2.11. The second kappa shape index (κ2) is 7.96. The monoisotopic (exact) mass is 423 g/mol. The lowest BCUT2D eigenvalue weighted by molar-refractivity contribution is -0.118. The number of carbonyl (C=O) groups excluding carboxylic acids is 1. The number of thioether (sulfide) groups is 1. The zero-order valence-electron chi connectivity index (χ0n) is 12.8. The summed E-state index contributed by atoms with van der Waals surface area (Å²) in [5.41, 5.74) is 0. The van der Waals surface area contributed by atoms with Gasteiger partial charge in [0, 0.05) is 0 Å². The van der Waals surface area contributed by atoms with E-state index < -0.39 is 0 Å². The highest BCUT2D eigenvalue weighted by Crippen LogP contribution is 2.33. The summed E-state index contributed by atoms with van der Waals surface area (Å²) in [5.74, 6) is 1.28. The van der Waals surface area contributed by atoms with E-state index in [0.717, 1.165) is 25.3 Å². The van der Waals surface area contributed by atoms with Gasteiger partial charge < -0.3 is 4.74 Å². The highest BCUT2D eigenvalue weighted by molar-refractivity contribution is 9.10. The topological polar surface area (TPSA) is 64.1 Å². The Balaban J connectivity index is 1.62. The van der Waals surface area contributed by atoms with Crippen molar-refractivity contribution in [2.24, 2.45) is 0 Å². The summed E-state index contributed by atoms with van der Waals surface area (Å²) in [5, 5.41) is 13.3. The minimum Gasteiger partial charge on any atom is -0.483 e. The van der Waals surface area contributed by atoms with Crippen LogP contribution in [0.15, 0.2) is 45.2 Å². The number of nitrogens with zero attached hydrogens (tertiary/aromatic N) is 2. The summed E-state index contributed by atoms with van der Waals surface area (Å²) in [6, 6.07) is 11.8. The second-order valence-electron chi connectivity index (χ2n) is 4.74. The van der Waals surface area contributed by atoms with Gasteiger partial charge in [-0.3, -0.25) is 10.1 Å². The molecule has 5 nitrogen and oxygen atoms in total. The summed E-state index contributed by atoms with van der Waals surface area (Å²) in [7, 11) is 0. The van der Waals surface area contributed by atoms with Crippen molar-refractivity contribution in [1.82, 2.24) is 10.2 Å². The molecule has 1 aromatic heterocycles. The summed E-state index contributed by atoms with van der Waals surface area (Å²) in [6.07, 6.45) is 0. The number of carbonyl (C=O) groups is 1. The van der Waals surface area contributed by atoms with Crippen LogP contribution < -0.4 is 10.1 Å². The number of benzene rings is 2. The maximum Gasteiger partial charge on any atom is 0.264 e. The molecule has 0 fully saturated rings. The maximum absolute atomic E-state index is 12.0. The molecule has 0 spiro atoms. The summed E-state index contributed by atoms with van der Waals surface area (Å²) in [6.45, 7) is 1.95. The number of hydrogen-bond donors (Lipinski definition) is 1. The van der Waals surface area contributed by atoms with Gasteiger partial charge in [-0.15, -0.1) is 10.2 Å². The molecule has 24 heavy (non-hydrogen) atoms. The molecule has 0 saturated heterocycles. The molecule has 2 aromatic carbocycles. The average Bonchev–Trinajstić information content (AvgIpc) is 3.02. The standard InChI is InChI=1S/C16H14BrN3O2S2/c1-2-23-16-20-19-15(24-16)18-13(21)9-22-12-8-7-10-5-3-4-6-11(10)14(12)17/h3-8H,2,9H2,1H3,(H,18,19,21). The zero-order chi connectivity index (χ0) is 16.9. The first-order valence-electron chi connectivity index (χ1n) is 7.23. The third kappa shape index (κ3) is 4.06. The van der Waals surface area contributed by atoms with Crippen molar-refractivity contribution in [3.8, 4) is 5.75 Å². The molecule has 0 aliphatic carbocycles. The number of halogens is 1. The predicted octanol–water partition coefficient (Wildman–Crippen LogP) is 4.58. The van der Waals surface area contributed by atoms with Crippen LogP contribution in [-0.2, 0) is 4.79 Å². The molecule has 0 aliphatic rings. The van der Waals surface area contributed by atoms with E-state index in [1.54, 1.807) is 11.8 Å². The van der Waals surface area contributed by atoms with Gasteiger partial charge in [0.1, 0.15) is 5.75 Å². The molecule has 3 aromatic rings. The van der Waals surface area contributed by atoms with Crippen molar-refractivity contribution in [3.05, 3.63) is 40.9 Å². The second-order valence-corrected chi connectivity index (χ2v) is 8.02. The van der Waals surface area contributed by atoms with Crippen LogP contribution in [-0.4, -0.2) is 28.5 Å². The third-order valence-electron chi connectivity index (χ3n) is 3.11. The fourth-order valence-corrected chi connectivity index (χ4v) is 4.34. The van der Waals surface area contributed by atoms with E-state index in [9.17, 15) is 4.79 Å². The van der Waals surface area contributed by atoms with E-state index >= 15 is 0 Å². The van der Waals surface area contributed by atoms with Crippen LogP contribution in [0.25, 0.3) is 10.8 Å². The molecule has 3 rings (SSSR count). The van der Waals surface area contributed by atoms with Crippen LogP contribution in [0.2, 0.25) is 0 Å². The van der Waals surface area contributed by atoms with Gasteiger partial charge in [-0.25, -0.2) is 0 Å². The molecule has 0 bridgehead atoms. The summed E-state index contributed by atoms with van der Waals surface area (Å²) >= 11 is 6.49. The maximum atomic E-state index is 12.0. The molecule has 124 valence electrons. The smallest absolute Gasteiger partial charge is 0.264 e. The van der Waals surface area contributed by atoms with Gasteiger partial charge in [0.25, 0.3) is 5.91 Å². The van der Waals surface area contributed by atoms with Crippen LogP contribution in [0.4, 0.5) is 5.13 Å². The van der Waals surface area contributed by atoms with Crippen LogP contribution in [0, 0.1) is 0 Å². The van der Waals surface area contributed by atoms with Gasteiger partial charge >= 0.3 is 0 Å². The number of fused-ring (bicyclic) bond motifs is 1. The van der Waals surface area contributed by atoms with Gasteiger partial charge in [-0.1, -0.05) is 60.4 Å². The summed E-state index contributed by atoms with van der Waals surface area (Å²) in [4.78, 5) is 12.0. The fraction of sp³-hybridized carbons (Fsp3) is 0.188. The quantitative estimate of drug-likeness (QED) is 0.464. The van der Waals surface area contributed by atoms with Crippen LogP contribution >= 0.6 is 39.0 Å². The van der Waals surface area contributed by atoms with E-state index in [2.05, 4.69) is 31.4 Å². The number of anilines is 1. The van der Waals surface area contributed by atoms with Crippen molar-refractivity contribution >= 4 is 60.8 Å². The Labute approximate surface area is 155 Å². The average molecular weight is 424 g/mol. The van der Waals surface area contributed by atoms with Gasteiger partial charge in [-0.2, -0.15) is 0 Å². The van der Waals surface area contributed by atoms with Crippen molar-refractivity contribution in [2.45, 2.75) is 11.3 Å². The van der Waals surface area contributed by atoms with Gasteiger partial charge in [0.2, 0.25) is 5.13 Å². The van der Waals surface area contributed by atoms with Crippen molar-refractivity contribution < 1.29 is 9.53 Å². The van der Waals surface area contributed by atoms with Gasteiger partial charge in [0.05, 0.1) is 4.47 Å². The normalized spacial score (nSPS) is 10.8. The molecule has 1 heterocycles. The predicted molar refractivity (Wildman–Crippen MR) is 102 cm³/mol. The molecule has 0 aliphatic heterocycles. The zero-order valence-corrected chi connectivity index (χ0v) is 16.0. The largest absolute Gasteiger partial charge is 0.483 e. The number of rotatable bonds is 6.